The molecule has 1 saturated carbocycles. The zero-order valence-electron chi connectivity index (χ0n) is 9.91. The molecule has 1 atom stereocenters. The van der Waals surface area contributed by atoms with Crippen LogP contribution in [-0.2, 0) is 9.53 Å². The molecule has 5 heteroatoms. The second kappa shape index (κ2) is 8.79. The lowest BCUT2D eigenvalue weighted by Crippen LogP contribution is -2.40. The SMILES string of the molecule is CCC(OC1CCCC1)C(=O)NCCN.Cl. The molecule has 96 valence electrons. The number of nitrogens with two attached hydrogens (primary N) is 1. The number of hydrogen-bond donors (Lipinski definition) is 2. The summed E-state index contributed by atoms with van der Waals surface area (Å²) in [6.07, 6.45) is 5.38. The van der Waals surface area contributed by atoms with Gasteiger partial charge in [0.05, 0.1) is 6.10 Å². The Morgan fingerprint density at radius 1 is 1.50 bits per heavy atom. The van der Waals surface area contributed by atoms with Gasteiger partial charge in [0.1, 0.15) is 6.10 Å². The third-order valence-electron chi connectivity index (χ3n) is 2.77. The summed E-state index contributed by atoms with van der Waals surface area (Å²) in [5, 5.41) is 2.77. The molecule has 1 fully saturated rings. The standard InChI is InChI=1S/C11H22N2O2.ClH/c1-2-10(11(14)13-8-7-12)15-9-5-3-4-6-9;/h9-10H,2-8,12H2,1H3,(H,13,14);1H. The molecular formula is C11H23ClN2O2. The molecule has 0 saturated heterocycles. The predicted octanol–water partition coefficient (Wildman–Crippen LogP) is 1.22. The summed E-state index contributed by atoms with van der Waals surface area (Å²) in [7, 11) is 0. The Balaban J connectivity index is 0.00000225. The van der Waals surface area contributed by atoms with Crippen LogP contribution in [0, 0.1) is 0 Å². The lowest BCUT2D eigenvalue weighted by molar-refractivity contribution is -0.136. The van der Waals surface area contributed by atoms with Gasteiger partial charge in [0.2, 0.25) is 5.91 Å². The normalized spacial score (nSPS) is 17.9. The molecule has 0 aromatic carbocycles. The van der Waals surface area contributed by atoms with Crippen LogP contribution >= 0.6 is 12.4 Å². The highest BCUT2D eigenvalue weighted by atomic mass is 35.5. The minimum atomic E-state index is -0.292. The summed E-state index contributed by atoms with van der Waals surface area (Å²) in [5.41, 5.74) is 5.33. The van der Waals surface area contributed by atoms with Crippen molar-refractivity contribution in [1.29, 1.82) is 0 Å². The Morgan fingerprint density at radius 2 is 2.12 bits per heavy atom. The maximum Gasteiger partial charge on any atom is 0.249 e. The summed E-state index contributed by atoms with van der Waals surface area (Å²) in [6, 6.07) is 0. The van der Waals surface area contributed by atoms with Crippen LogP contribution in [-0.4, -0.2) is 31.2 Å². The minimum absolute atomic E-state index is 0. The van der Waals surface area contributed by atoms with E-state index in [4.69, 9.17) is 10.5 Å². The van der Waals surface area contributed by atoms with Crippen LogP contribution in [0.4, 0.5) is 0 Å². The minimum Gasteiger partial charge on any atom is -0.365 e. The second-order valence-electron chi connectivity index (χ2n) is 4.02. The number of halogens is 1. The number of ether oxygens (including phenoxy) is 1. The first-order valence-corrected chi connectivity index (χ1v) is 5.91. The second-order valence-corrected chi connectivity index (χ2v) is 4.02. The zero-order chi connectivity index (χ0) is 11.1. The molecule has 0 heterocycles. The molecule has 1 aliphatic rings. The summed E-state index contributed by atoms with van der Waals surface area (Å²) in [4.78, 5) is 11.6. The summed E-state index contributed by atoms with van der Waals surface area (Å²) in [5.74, 6) is -0.0187. The number of amides is 1. The number of carbonyl (C=O) groups excluding carboxylic acids is 1. The fourth-order valence-electron chi connectivity index (χ4n) is 1.91. The van der Waals surface area contributed by atoms with Crippen molar-refractivity contribution in [1.82, 2.24) is 5.32 Å². The van der Waals surface area contributed by atoms with Crippen LogP contribution in [0.15, 0.2) is 0 Å². The Kier molecular flexibility index (Phi) is 8.61. The average Bonchev–Trinajstić information content (AvgIpc) is 2.75. The molecule has 4 nitrogen and oxygen atoms in total. The quantitative estimate of drug-likeness (QED) is 0.745. The highest BCUT2D eigenvalue weighted by Gasteiger charge is 2.23. The number of rotatable bonds is 6. The van der Waals surface area contributed by atoms with Gasteiger partial charge in [0, 0.05) is 13.1 Å². The third-order valence-corrected chi connectivity index (χ3v) is 2.77. The van der Waals surface area contributed by atoms with Gasteiger partial charge in [-0.05, 0) is 19.3 Å². The van der Waals surface area contributed by atoms with Gasteiger partial charge in [0.25, 0.3) is 0 Å². The van der Waals surface area contributed by atoms with Gasteiger partial charge in [-0.15, -0.1) is 12.4 Å². The van der Waals surface area contributed by atoms with E-state index in [1.807, 2.05) is 6.92 Å². The van der Waals surface area contributed by atoms with E-state index in [0.717, 1.165) is 19.3 Å². The van der Waals surface area contributed by atoms with E-state index in [-0.39, 0.29) is 24.4 Å². The molecule has 1 aliphatic carbocycles. The van der Waals surface area contributed by atoms with Crippen molar-refractivity contribution < 1.29 is 9.53 Å². The van der Waals surface area contributed by atoms with Crippen LogP contribution in [0.25, 0.3) is 0 Å². The number of carbonyl (C=O) groups is 1. The Bertz CT molecular complexity index is 196. The summed E-state index contributed by atoms with van der Waals surface area (Å²) < 4.78 is 5.77. The number of hydrogen-bond acceptors (Lipinski definition) is 3. The van der Waals surface area contributed by atoms with Gasteiger partial charge in [-0.2, -0.15) is 0 Å². The van der Waals surface area contributed by atoms with Crippen molar-refractivity contribution in [2.75, 3.05) is 13.1 Å². The van der Waals surface area contributed by atoms with Gasteiger partial charge in [0.15, 0.2) is 0 Å². The molecule has 1 amide bonds. The molecule has 0 bridgehead atoms. The van der Waals surface area contributed by atoms with Gasteiger partial charge in [-0.25, -0.2) is 0 Å². The highest BCUT2D eigenvalue weighted by Crippen LogP contribution is 2.22. The van der Waals surface area contributed by atoms with Crippen molar-refractivity contribution in [3.8, 4) is 0 Å². The predicted molar refractivity (Wildman–Crippen MR) is 66.7 cm³/mol. The molecule has 16 heavy (non-hydrogen) atoms. The maximum atomic E-state index is 11.6. The smallest absolute Gasteiger partial charge is 0.249 e. The number of nitrogens with one attached hydrogen (secondary N) is 1. The van der Waals surface area contributed by atoms with Crippen molar-refractivity contribution >= 4 is 18.3 Å². The fourth-order valence-corrected chi connectivity index (χ4v) is 1.91. The highest BCUT2D eigenvalue weighted by molar-refractivity contribution is 5.85. The van der Waals surface area contributed by atoms with E-state index < -0.39 is 0 Å². The lowest BCUT2D eigenvalue weighted by Gasteiger charge is -2.20. The average molecular weight is 251 g/mol. The van der Waals surface area contributed by atoms with E-state index in [1.165, 1.54) is 12.8 Å². The lowest BCUT2D eigenvalue weighted by atomic mass is 10.2. The van der Waals surface area contributed by atoms with E-state index in [1.54, 1.807) is 0 Å². The van der Waals surface area contributed by atoms with Gasteiger partial charge in [-0.1, -0.05) is 19.8 Å². The summed E-state index contributed by atoms with van der Waals surface area (Å²) in [6.45, 7) is 2.98. The summed E-state index contributed by atoms with van der Waals surface area (Å²) >= 11 is 0. The van der Waals surface area contributed by atoms with Crippen molar-refractivity contribution in [3.05, 3.63) is 0 Å². The topological polar surface area (TPSA) is 64.3 Å². The van der Waals surface area contributed by atoms with Gasteiger partial charge in [-0.3, -0.25) is 4.79 Å². The first kappa shape index (κ1) is 15.7. The van der Waals surface area contributed by atoms with E-state index >= 15 is 0 Å². The molecule has 0 aliphatic heterocycles. The van der Waals surface area contributed by atoms with E-state index in [9.17, 15) is 4.79 Å². The van der Waals surface area contributed by atoms with Gasteiger partial charge >= 0.3 is 0 Å². The molecule has 3 N–H and O–H groups in total. The largest absolute Gasteiger partial charge is 0.365 e. The molecular weight excluding hydrogens is 228 g/mol. The molecule has 0 spiro atoms. The van der Waals surface area contributed by atoms with Gasteiger partial charge < -0.3 is 15.8 Å². The van der Waals surface area contributed by atoms with Crippen LogP contribution in [0.3, 0.4) is 0 Å². The fraction of sp³-hybridized carbons (Fsp3) is 0.909. The Morgan fingerprint density at radius 3 is 2.62 bits per heavy atom. The van der Waals surface area contributed by atoms with Crippen molar-refractivity contribution in [2.45, 2.75) is 51.2 Å². The Labute approximate surface area is 104 Å². The van der Waals surface area contributed by atoms with E-state index in [0.29, 0.717) is 19.2 Å². The maximum absolute atomic E-state index is 11.6. The molecule has 1 unspecified atom stereocenters. The first-order valence-electron chi connectivity index (χ1n) is 5.91. The molecule has 1 rings (SSSR count). The molecule has 0 aromatic heterocycles. The van der Waals surface area contributed by atoms with Crippen molar-refractivity contribution in [3.63, 3.8) is 0 Å². The third kappa shape index (κ3) is 5.14. The zero-order valence-corrected chi connectivity index (χ0v) is 10.7. The van der Waals surface area contributed by atoms with Crippen molar-refractivity contribution in [2.24, 2.45) is 5.73 Å². The molecule has 0 aromatic rings. The van der Waals surface area contributed by atoms with Crippen LogP contribution in [0.2, 0.25) is 0 Å². The van der Waals surface area contributed by atoms with Crippen LogP contribution < -0.4 is 11.1 Å². The Hall–Kier alpha value is -0.320. The van der Waals surface area contributed by atoms with Crippen LogP contribution in [0.5, 0.6) is 0 Å². The first-order chi connectivity index (χ1) is 7.27. The molecule has 0 radical (unpaired) electrons. The monoisotopic (exact) mass is 250 g/mol. The van der Waals surface area contributed by atoms with E-state index in [2.05, 4.69) is 5.32 Å². The van der Waals surface area contributed by atoms with Crippen LogP contribution in [0.1, 0.15) is 39.0 Å².